The predicted molar refractivity (Wildman–Crippen MR) is 98.3 cm³/mol. The van der Waals surface area contributed by atoms with Crippen LogP contribution in [0, 0.1) is 0 Å². The first-order valence-electron chi connectivity index (χ1n) is 8.00. The quantitative estimate of drug-likeness (QED) is 0.778. The summed E-state index contributed by atoms with van der Waals surface area (Å²) in [6.07, 6.45) is 7.44. The van der Waals surface area contributed by atoms with Gasteiger partial charge in [0.15, 0.2) is 0 Å². The molecule has 134 valence electrons. The second-order valence-electron chi connectivity index (χ2n) is 6.10. The number of nitrogens with zero attached hydrogens (tertiary/aromatic N) is 1. The van der Waals surface area contributed by atoms with E-state index in [1.807, 2.05) is 0 Å². The Bertz CT molecular complexity index is 687. The van der Waals surface area contributed by atoms with E-state index < -0.39 is 10.0 Å². The molecule has 0 saturated heterocycles. The SMILES string of the molecule is CS(=O)(=O)N(CC(=O)NC1CCCCCC1)c1cccc(Cl)c1Cl. The number of halogens is 2. The van der Waals surface area contributed by atoms with Crippen molar-refractivity contribution in [3.63, 3.8) is 0 Å². The summed E-state index contributed by atoms with van der Waals surface area (Å²) in [5, 5.41) is 3.30. The molecule has 5 nitrogen and oxygen atoms in total. The third-order valence-electron chi connectivity index (χ3n) is 4.11. The molecular weight excluding hydrogens is 371 g/mol. The summed E-state index contributed by atoms with van der Waals surface area (Å²) in [5.41, 5.74) is 0.211. The fraction of sp³-hybridized carbons (Fsp3) is 0.562. The molecule has 0 bridgehead atoms. The first-order chi connectivity index (χ1) is 11.3. The summed E-state index contributed by atoms with van der Waals surface area (Å²) < 4.78 is 25.2. The Morgan fingerprint density at radius 2 is 1.83 bits per heavy atom. The van der Waals surface area contributed by atoms with Crippen LogP contribution in [-0.2, 0) is 14.8 Å². The Morgan fingerprint density at radius 3 is 2.42 bits per heavy atom. The fourth-order valence-corrected chi connectivity index (χ4v) is 4.20. The van der Waals surface area contributed by atoms with Gasteiger partial charge in [-0.25, -0.2) is 8.42 Å². The van der Waals surface area contributed by atoms with Crippen LogP contribution in [0.5, 0.6) is 0 Å². The molecule has 0 spiro atoms. The van der Waals surface area contributed by atoms with Gasteiger partial charge in [-0.15, -0.1) is 0 Å². The zero-order valence-corrected chi connectivity index (χ0v) is 15.9. The normalized spacial score (nSPS) is 16.5. The zero-order chi connectivity index (χ0) is 17.7. The monoisotopic (exact) mass is 392 g/mol. The van der Waals surface area contributed by atoms with Crippen LogP contribution in [0.4, 0.5) is 5.69 Å². The molecule has 1 amide bonds. The molecule has 1 aromatic rings. The van der Waals surface area contributed by atoms with Crippen LogP contribution in [0.2, 0.25) is 10.0 Å². The number of carbonyl (C=O) groups is 1. The van der Waals surface area contributed by atoms with Gasteiger partial charge in [0.25, 0.3) is 0 Å². The van der Waals surface area contributed by atoms with Crippen molar-refractivity contribution < 1.29 is 13.2 Å². The van der Waals surface area contributed by atoms with Gasteiger partial charge >= 0.3 is 0 Å². The lowest BCUT2D eigenvalue weighted by Crippen LogP contribution is -2.44. The molecule has 1 aromatic carbocycles. The molecule has 8 heteroatoms. The number of nitrogens with one attached hydrogen (secondary N) is 1. The van der Waals surface area contributed by atoms with Gasteiger partial charge in [-0.05, 0) is 25.0 Å². The highest BCUT2D eigenvalue weighted by Gasteiger charge is 2.25. The van der Waals surface area contributed by atoms with E-state index in [9.17, 15) is 13.2 Å². The van der Waals surface area contributed by atoms with Crippen LogP contribution in [-0.4, -0.2) is 33.2 Å². The molecule has 1 aliphatic carbocycles. The minimum atomic E-state index is -3.67. The summed E-state index contributed by atoms with van der Waals surface area (Å²) in [6.45, 7) is -0.310. The second-order valence-corrected chi connectivity index (χ2v) is 8.79. The summed E-state index contributed by atoms with van der Waals surface area (Å²) >= 11 is 12.1. The lowest BCUT2D eigenvalue weighted by Gasteiger charge is -2.24. The number of carbonyl (C=O) groups excluding carboxylic acids is 1. The van der Waals surface area contributed by atoms with Crippen molar-refractivity contribution in [3.05, 3.63) is 28.2 Å². The highest BCUT2D eigenvalue weighted by Crippen LogP contribution is 2.33. The largest absolute Gasteiger partial charge is 0.352 e. The molecule has 2 rings (SSSR count). The van der Waals surface area contributed by atoms with Crippen LogP contribution in [0.25, 0.3) is 0 Å². The first-order valence-corrected chi connectivity index (χ1v) is 10.6. The van der Waals surface area contributed by atoms with E-state index >= 15 is 0 Å². The van der Waals surface area contributed by atoms with Gasteiger partial charge in [0, 0.05) is 6.04 Å². The topological polar surface area (TPSA) is 66.5 Å². The van der Waals surface area contributed by atoms with E-state index in [0.29, 0.717) is 0 Å². The van der Waals surface area contributed by atoms with E-state index in [-0.39, 0.29) is 34.2 Å². The van der Waals surface area contributed by atoms with Crippen molar-refractivity contribution in [2.45, 2.75) is 44.6 Å². The summed E-state index contributed by atoms with van der Waals surface area (Å²) in [5.74, 6) is -0.330. The van der Waals surface area contributed by atoms with E-state index in [4.69, 9.17) is 23.2 Å². The van der Waals surface area contributed by atoms with Crippen molar-refractivity contribution in [1.29, 1.82) is 0 Å². The standard InChI is InChI=1S/C16H22Cl2N2O3S/c1-24(22,23)20(14-10-6-9-13(17)16(14)18)11-15(21)19-12-7-4-2-3-5-8-12/h6,9-10,12H,2-5,7-8,11H2,1H3,(H,19,21). The minimum absolute atomic E-state index is 0.108. The van der Waals surface area contributed by atoms with E-state index in [2.05, 4.69) is 5.32 Å². The van der Waals surface area contributed by atoms with Gasteiger partial charge < -0.3 is 5.32 Å². The lowest BCUT2D eigenvalue weighted by molar-refractivity contribution is -0.120. The Balaban J connectivity index is 2.14. The van der Waals surface area contributed by atoms with Crippen molar-refractivity contribution >= 4 is 44.8 Å². The molecule has 1 aliphatic rings. The number of sulfonamides is 1. The van der Waals surface area contributed by atoms with Crippen LogP contribution in [0.15, 0.2) is 18.2 Å². The van der Waals surface area contributed by atoms with Gasteiger partial charge in [-0.1, -0.05) is 55.0 Å². The Kier molecular flexibility index (Phi) is 6.78. The third-order valence-corrected chi connectivity index (χ3v) is 6.04. The zero-order valence-electron chi connectivity index (χ0n) is 13.6. The molecule has 0 aromatic heterocycles. The minimum Gasteiger partial charge on any atom is -0.352 e. The van der Waals surface area contributed by atoms with Gasteiger partial charge in [0.1, 0.15) is 6.54 Å². The predicted octanol–water partition coefficient (Wildman–Crippen LogP) is 3.60. The van der Waals surface area contributed by atoms with Crippen molar-refractivity contribution in [2.24, 2.45) is 0 Å². The Labute approximate surface area is 153 Å². The van der Waals surface area contributed by atoms with E-state index in [1.165, 1.54) is 18.9 Å². The van der Waals surface area contributed by atoms with Crippen LogP contribution in [0.1, 0.15) is 38.5 Å². The second kappa shape index (κ2) is 8.41. The lowest BCUT2D eigenvalue weighted by atomic mass is 10.1. The molecule has 1 fully saturated rings. The number of anilines is 1. The summed E-state index contributed by atoms with van der Waals surface area (Å²) in [4.78, 5) is 12.4. The molecule has 0 atom stereocenters. The maximum Gasteiger partial charge on any atom is 0.240 e. The molecule has 0 aliphatic heterocycles. The third kappa shape index (κ3) is 5.26. The fourth-order valence-electron chi connectivity index (χ4n) is 2.89. The maximum absolute atomic E-state index is 12.4. The Morgan fingerprint density at radius 1 is 1.21 bits per heavy atom. The Hall–Kier alpha value is -0.980. The maximum atomic E-state index is 12.4. The number of hydrogen-bond donors (Lipinski definition) is 1. The smallest absolute Gasteiger partial charge is 0.240 e. The highest BCUT2D eigenvalue weighted by molar-refractivity contribution is 7.92. The molecule has 1 saturated carbocycles. The van der Waals surface area contributed by atoms with Crippen LogP contribution in [0.3, 0.4) is 0 Å². The molecular formula is C16H22Cl2N2O3S. The molecule has 24 heavy (non-hydrogen) atoms. The molecule has 0 heterocycles. The van der Waals surface area contributed by atoms with E-state index in [1.54, 1.807) is 12.1 Å². The number of amides is 1. The van der Waals surface area contributed by atoms with Crippen LogP contribution < -0.4 is 9.62 Å². The highest BCUT2D eigenvalue weighted by atomic mass is 35.5. The van der Waals surface area contributed by atoms with Crippen molar-refractivity contribution in [2.75, 3.05) is 17.1 Å². The first kappa shape index (κ1) is 19.3. The van der Waals surface area contributed by atoms with Gasteiger partial charge in [0.2, 0.25) is 15.9 Å². The van der Waals surface area contributed by atoms with E-state index in [0.717, 1.165) is 36.2 Å². The van der Waals surface area contributed by atoms with Gasteiger partial charge in [-0.2, -0.15) is 0 Å². The summed E-state index contributed by atoms with van der Waals surface area (Å²) in [7, 11) is -3.67. The van der Waals surface area contributed by atoms with Crippen molar-refractivity contribution in [3.8, 4) is 0 Å². The molecule has 0 unspecified atom stereocenters. The number of rotatable bonds is 5. The molecule has 1 N–H and O–H groups in total. The number of hydrogen-bond acceptors (Lipinski definition) is 3. The average Bonchev–Trinajstić information content (AvgIpc) is 2.75. The number of benzene rings is 1. The van der Waals surface area contributed by atoms with Crippen molar-refractivity contribution in [1.82, 2.24) is 5.32 Å². The van der Waals surface area contributed by atoms with Gasteiger partial charge in [0.05, 0.1) is 22.0 Å². The average molecular weight is 393 g/mol. The molecule has 0 radical (unpaired) electrons. The van der Waals surface area contributed by atoms with Crippen LogP contribution >= 0.6 is 23.2 Å². The summed E-state index contributed by atoms with van der Waals surface area (Å²) in [6, 6.07) is 4.81. The van der Waals surface area contributed by atoms with Gasteiger partial charge in [-0.3, -0.25) is 9.10 Å².